The number of amides is 1. The number of hydrogen-bond donors (Lipinski definition) is 2. The Morgan fingerprint density at radius 2 is 1.83 bits per heavy atom. The van der Waals surface area contributed by atoms with Crippen molar-refractivity contribution in [1.82, 2.24) is 15.1 Å². The van der Waals surface area contributed by atoms with Crippen LogP contribution in [-0.4, -0.2) is 21.0 Å². The minimum absolute atomic E-state index is 0.335. The van der Waals surface area contributed by atoms with Crippen molar-refractivity contribution in [3.05, 3.63) is 59.1 Å². The number of carbonyl (C=O) groups is 1. The number of aromatic nitrogens is 3. The highest BCUT2D eigenvalue weighted by Crippen LogP contribution is 2.19. The van der Waals surface area contributed by atoms with E-state index in [2.05, 4.69) is 25.8 Å². The second-order valence-electron chi connectivity index (χ2n) is 5.52. The molecule has 122 valence electrons. The third-order valence-electron chi connectivity index (χ3n) is 3.42. The van der Waals surface area contributed by atoms with E-state index in [4.69, 9.17) is 4.52 Å². The van der Waals surface area contributed by atoms with E-state index in [9.17, 15) is 4.79 Å². The van der Waals surface area contributed by atoms with Gasteiger partial charge in [-0.3, -0.25) is 4.79 Å². The van der Waals surface area contributed by atoms with Crippen molar-refractivity contribution in [2.75, 3.05) is 10.6 Å². The first-order valence-electron chi connectivity index (χ1n) is 7.42. The van der Waals surface area contributed by atoms with Gasteiger partial charge < -0.3 is 15.2 Å². The number of aryl methyl sites for hydroxylation is 3. The molecule has 0 fully saturated rings. The van der Waals surface area contributed by atoms with Gasteiger partial charge in [-0.15, -0.1) is 0 Å². The lowest BCUT2D eigenvalue weighted by atomic mass is 10.1. The van der Waals surface area contributed by atoms with Crippen LogP contribution in [0.3, 0.4) is 0 Å². The number of nitrogens with one attached hydrogen (secondary N) is 2. The monoisotopic (exact) mass is 323 g/mol. The quantitative estimate of drug-likeness (QED) is 0.764. The number of nitrogens with zero attached hydrogens (tertiary/aromatic N) is 3. The van der Waals surface area contributed by atoms with E-state index in [1.165, 1.54) is 12.4 Å². The number of benzene rings is 1. The molecule has 7 heteroatoms. The molecule has 0 aliphatic heterocycles. The third-order valence-corrected chi connectivity index (χ3v) is 3.42. The van der Waals surface area contributed by atoms with Gasteiger partial charge in [0.15, 0.2) is 5.82 Å². The minimum atomic E-state index is -0.346. The van der Waals surface area contributed by atoms with Crippen LogP contribution in [-0.2, 0) is 0 Å². The highest BCUT2D eigenvalue weighted by atomic mass is 16.5. The summed E-state index contributed by atoms with van der Waals surface area (Å²) in [5, 5.41) is 9.48. The van der Waals surface area contributed by atoms with Crippen LogP contribution in [0.4, 0.5) is 17.5 Å². The summed E-state index contributed by atoms with van der Waals surface area (Å²) in [6, 6.07) is 7.72. The van der Waals surface area contributed by atoms with Gasteiger partial charge >= 0.3 is 0 Å². The summed E-state index contributed by atoms with van der Waals surface area (Å²) in [5.74, 6) is 1.06. The third kappa shape index (κ3) is 3.57. The fourth-order valence-electron chi connectivity index (χ4n) is 2.11. The molecule has 2 heterocycles. The van der Waals surface area contributed by atoms with Gasteiger partial charge in [-0.1, -0.05) is 17.3 Å². The van der Waals surface area contributed by atoms with E-state index in [0.29, 0.717) is 23.1 Å². The molecule has 0 radical (unpaired) electrons. The van der Waals surface area contributed by atoms with Gasteiger partial charge in [-0.25, -0.2) is 9.97 Å². The zero-order valence-corrected chi connectivity index (χ0v) is 13.6. The molecule has 0 atom stereocenters. The predicted molar refractivity (Wildman–Crippen MR) is 90.4 cm³/mol. The molecule has 2 aromatic heterocycles. The molecule has 0 aliphatic rings. The van der Waals surface area contributed by atoms with Crippen molar-refractivity contribution < 1.29 is 9.32 Å². The normalized spacial score (nSPS) is 10.5. The molecule has 3 rings (SSSR count). The maximum atomic E-state index is 12.1. The molecule has 0 spiro atoms. The standard InChI is InChI=1S/C17H17N5O2/c1-10-4-5-11(2)14(6-10)20-17-18-8-13(9-19-17)16(23)21-15-7-12(3)24-22-15/h4-9H,1-3H3,(H,18,19,20)(H,21,22,23). The predicted octanol–water partition coefficient (Wildman–Crippen LogP) is 3.39. The summed E-state index contributed by atoms with van der Waals surface area (Å²) in [4.78, 5) is 20.5. The highest BCUT2D eigenvalue weighted by Gasteiger charge is 2.10. The van der Waals surface area contributed by atoms with Crippen LogP contribution >= 0.6 is 0 Å². The number of hydrogen-bond acceptors (Lipinski definition) is 6. The van der Waals surface area contributed by atoms with E-state index >= 15 is 0 Å². The zero-order valence-electron chi connectivity index (χ0n) is 13.6. The van der Waals surface area contributed by atoms with Gasteiger partial charge in [0.05, 0.1) is 5.56 Å². The SMILES string of the molecule is Cc1ccc(C)c(Nc2ncc(C(=O)Nc3cc(C)on3)cn2)c1. The Morgan fingerprint density at radius 3 is 2.50 bits per heavy atom. The smallest absolute Gasteiger partial charge is 0.260 e. The first kappa shape index (κ1) is 15.7. The second-order valence-corrected chi connectivity index (χ2v) is 5.52. The molecule has 0 saturated heterocycles. The second kappa shape index (κ2) is 6.49. The van der Waals surface area contributed by atoms with Crippen LogP contribution in [0, 0.1) is 20.8 Å². The van der Waals surface area contributed by atoms with Crippen molar-refractivity contribution in [2.45, 2.75) is 20.8 Å². The van der Waals surface area contributed by atoms with Crippen molar-refractivity contribution in [3.63, 3.8) is 0 Å². The molecular weight excluding hydrogens is 306 g/mol. The van der Waals surface area contributed by atoms with E-state index in [1.54, 1.807) is 13.0 Å². The fourth-order valence-corrected chi connectivity index (χ4v) is 2.11. The van der Waals surface area contributed by atoms with Gasteiger partial charge in [0.2, 0.25) is 5.95 Å². The molecule has 2 N–H and O–H groups in total. The molecular formula is C17H17N5O2. The van der Waals surface area contributed by atoms with Gasteiger partial charge in [-0.2, -0.15) is 0 Å². The Balaban J connectivity index is 1.71. The Labute approximate surface area is 139 Å². The van der Waals surface area contributed by atoms with Gasteiger partial charge in [-0.05, 0) is 38.0 Å². The summed E-state index contributed by atoms with van der Waals surface area (Å²) in [6.45, 7) is 5.77. The maximum absolute atomic E-state index is 12.1. The summed E-state index contributed by atoms with van der Waals surface area (Å²) >= 11 is 0. The lowest BCUT2D eigenvalue weighted by molar-refractivity contribution is 0.102. The van der Waals surface area contributed by atoms with E-state index in [-0.39, 0.29) is 5.91 Å². The lowest BCUT2D eigenvalue weighted by Crippen LogP contribution is -2.13. The lowest BCUT2D eigenvalue weighted by Gasteiger charge is -2.09. The van der Waals surface area contributed by atoms with E-state index in [0.717, 1.165) is 16.8 Å². The van der Waals surface area contributed by atoms with Crippen molar-refractivity contribution >= 4 is 23.4 Å². The fraction of sp³-hybridized carbons (Fsp3) is 0.176. The summed E-state index contributed by atoms with van der Waals surface area (Å²) in [7, 11) is 0. The largest absolute Gasteiger partial charge is 0.360 e. The Hall–Kier alpha value is -3.22. The van der Waals surface area contributed by atoms with E-state index in [1.807, 2.05) is 32.0 Å². The molecule has 1 amide bonds. The average Bonchev–Trinajstić information content (AvgIpc) is 2.96. The molecule has 0 aliphatic carbocycles. The molecule has 0 bridgehead atoms. The molecule has 0 saturated carbocycles. The van der Waals surface area contributed by atoms with Gasteiger partial charge in [0, 0.05) is 24.1 Å². The van der Waals surface area contributed by atoms with Crippen LogP contribution in [0.15, 0.2) is 41.2 Å². The molecule has 0 unspecified atom stereocenters. The topological polar surface area (TPSA) is 92.9 Å². The summed E-state index contributed by atoms with van der Waals surface area (Å²) < 4.78 is 4.90. The molecule has 1 aromatic carbocycles. The van der Waals surface area contributed by atoms with E-state index < -0.39 is 0 Å². The average molecular weight is 323 g/mol. The summed E-state index contributed by atoms with van der Waals surface area (Å²) in [5.41, 5.74) is 3.50. The first-order chi connectivity index (χ1) is 11.5. The van der Waals surface area contributed by atoms with Crippen LogP contribution in [0.2, 0.25) is 0 Å². The van der Waals surface area contributed by atoms with Crippen LogP contribution < -0.4 is 10.6 Å². The van der Waals surface area contributed by atoms with Crippen molar-refractivity contribution in [2.24, 2.45) is 0 Å². The van der Waals surface area contributed by atoms with Crippen LogP contribution in [0.25, 0.3) is 0 Å². The zero-order chi connectivity index (χ0) is 17.1. The molecule has 3 aromatic rings. The van der Waals surface area contributed by atoms with Gasteiger partial charge in [0.1, 0.15) is 5.76 Å². The number of anilines is 3. The van der Waals surface area contributed by atoms with Crippen LogP contribution in [0.1, 0.15) is 27.2 Å². The summed E-state index contributed by atoms with van der Waals surface area (Å²) in [6.07, 6.45) is 2.92. The Kier molecular flexibility index (Phi) is 4.24. The molecule has 24 heavy (non-hydrogen) atoms. The van der Waals surface area contributed by atoms with Crippen molar-refractivity contribution in [3.8, 4) is 0 Å². The minimum Gasteiger partial charge on any atom is -0.360 e. The van der Waals surface area contributed by atoms with Gasteiger partial charge in [0.25, 0.3) is 5.91 Å². The Bertz CT molecular complexity index is 871. The number of rotatable bonds is 4. The number of carbonyl (C=O) groups excluding carboxylic acids is 1. The first-order valence-corrected chi connectivity index (χ1v) is 7.42. The highest BCUT2D eigenvalue weighted by molar-refractivity contribution is 6.03. The maximum Gasteiger partial charge on any atom is 0.260 e. The van der Waals surface area contributed by atoms with Crippen LogP contribution in [0.5, 0.6) is 0 Å². The Morgan fingerprint density at radius 1 is 1.08 bits per heavy atom. The van der Waals surface area contributed by atoms with Crippen molar-refractivity contribution in [1.29, 1.82) is 0 Å². The molecule has 7 nitrogen and oxygen atoms in total.